The molecule has 0 atom stereocenters. The number of hydrogen-bond acceptors (Lipinski definition) is 2. The lowest BCUT2D eigenvalue weighted by atomic mass is 10.1. The molecule has 1 heterocycles. The van der Waals surface area contributed by atoms with Crippen molar-refractivity contribution in [2.24, 2.45) is 13.0 Å². The lowest BCUT2D eigenvalue weighted by Gasteiger charge is -2.24. The largest absolute Gasteiger partial charge is 0.333 e. The lowest BCUT2D eigenvalue weighted by molar-refractivity contribution is 0.0715. The molecule has 0 radical (unpaired) electrons. The van der Waals surface area contributed by atoms with Gasteiger partial charge in [-0.15, -0.1) is 0 Å². The third-order valence-electron chi connectivity index (χ3n) is 3.83. The maximum atomic E-state index is 12.8. The maximum absolute atomic E-state index is 12.8. The highest BCUT2D eigenvalue weighted by atomic mass is 16.2. The summed E-state index contributed by atoms with van der Waals surface area (Å²) in [4.78, 5) is 14.7. The van der Waals surface area contributed by atoms with Gasteiger partial charge in [0, 0.05) is 25.8 Å². The van der Waals surface area contributed by atoms with Gasteiger partial charge in [-0.25, -0.2) is 0 Å². The third-order valence-corrected chi connectivity index (χ3v) is 3.83. The van der Waals surface area contributed by atoms with Gasteiger partial charge in [0.05, 0.1) is 0 Å². The standard InChI is InChI=1S/C18H25N3O/c1-13(2)11-21(12-16-9-7-6-8-14(16)3)18(22)17-10-15(4)20(5)19-17/h6-10,13H,11-12H2,1-5H3. The van der Waals surface area contributed by atoms with Crippen LogP contribution in [0.15, 0.2) is 30.3 Å². The molecule has 2 aromatic rings. The van der Waals surface area contributed by atoms with E-state index in [1.807, 2.05) is 37.1 Å². The summed E-state index contributed by atoms with van der Waals surface area (Å²) < 4.78 is 1.74. The van der Waals surface area contributed by atoms with Crippen molar-refractivity contribution in [2.75, 3.05) is 6.54 Å². The van der Waals surface area contributed by atoms with Crippen molar-refractivity contribution in [3.8, 4) is 0 Å². The summed E-state index contributed by atoms with van der Waals surface area (Å²) in [6.07, 6.45) is 0. The van der Waals surface area contributed by atoms with Gasteiger partial charge >= 0.3 is 0 Å². The molecule has 2 rings (SSSR count). The van der Waals surface area contributed by atoms with Crippen LogP contribution in [0.1, 0.15) is 41.2 Å². The molecule has 1 aromatic heterocycles. The zero-order chi connectivity index (χ0) is 16.3. The number of aryl methyl sites for hydroxylation is 3. The first-order valence-electron chi connectivity index (χ1n) is 7.73. The fraction of sp³-hybridized carbons (Fsp3) is 0.444. The van der Waals surface area contributed by atoms with Crippen molar-refractivity contribution < 1.29 is 4.79 Å². The second-order valence-corrected chi connectivity index (χ2v) is 6.30. The Labute approximate surface area is 132 Å². The molecule has 1 aromatic carbocycles. The third kappa shape index (κ3) is 3.75. The average Bonchev–Trinajstić information content (AvgIpc) is 2.79. The van der Waals surface area contributed by atoms with Gasteiger partial charge in [-0.05, 0) is 37.0 Å². The predicted molar refractivity (Wildman–Crippen MR) is 88.7 cm³/mol. The van der Waals surface area contributed by atoms with E-state index in [1.165, 1.54) is 11.1 Å². The van der Waals surface area contributed by atoms with Crippen molar-refractivity contribution >= 4 is 5.91 Å². The molecule has 1 amide bonds. The first-order chi connectivity index (χ1) is 10.4. The van der Waals surface area contributed by atoms with Gasteiger partial charge in [-0.3, -0.25) is 9.48 Å². The number of carbonyl (C=O) groups is 1. The van der Waals surface area contributed by atoms with Gasteiger partial charge < -0.3 is 4.90 Å². The molecule has 0 unspecified atom stereocenters. The Bertz CT molecular complexity index is 639. The van der Waals surface area contributed by atoms with Crippen LogP contribution in [-0.2, 0) is 13.6 Å². The molecule has 0 spiro atoms. The van der Waals surface area contributed by atoms with E-state index >= 15 is 0 Å². The molecular weight excluding hydrogens is 274 g/mol. The first-order valence-corrected chi connectivity index (χ1v) is 7.73. The highest BCUT2D eigenvalue weighted by Gasteiger charge is 2.20. The van der Waals surface area contributed by atoms with E-state index in [0.29, 0.717) is 18.2 Å². The molecule has 4 nitrogen and oxygen atoms in total. The van der Waals surface area contributed by atoms with E-state index in [4.69, 9.17) is 0 Å². The molecule has 0 saturated carbocycles. The van der Waals surface area contributed by atoms with E-state index in [-0.39, 0.29) is 5.91 Å². The predicted octanol–water partition coefficient (Wildman–Crippen LogP) is 3.34. The van der Waals surface area contributed by atoms with Gasteiger partial charge in [-0.1, -0.05) is 38.1 Å². The molecule has 4 heteroatoms. The molecule has 0 bridgehead atoms. The minimum atomic E-state index is 0.000605. The van der Waals surface area contributed by atoms with Gasteiger partial charge in [0.2, 0.25) is 0 Å². The number of aromatic nitrogens is 2. The van der Waals surface area contributed by atoms with Gasteiger partial charge in [0.1, 0.15) is 0 Å². The number of benzene rings is 1. The van der Waals surface area contributed by atoms with Crippen LogP contribution in [0.5, 0.6) is 0 Å². The van der Waals surface area contributed by atoms with E-state index in [0.717, 1.165) is 12.2 Å². The number of nitrogens with zero attached hydrogens (tertiary/aromatic N) is 3. The van der Waals surface area contributed by atoms with Crippen LogP contribution >= 0.6 is 0 Å². The van der Waals surface area contributed by atoms with Crippen LogP contribution in [0.4, 0.5) is 0 Å². The molecule has 0 N–H and O–H groups in total. The van der Waals surface area contributed by atoms with E-state index < -0.39 is 0 Å². The Balaban J connectivity index is 2.25. The monoisotopic (exact) mass is 299 g/mol. The zero-order valence-electron chi connectivity index (χ0n) is 14.1. The second kappa shape index (κ2) is 6.77. The SMILES string of the molecule is Cc1ccccc1CN(CC(C)C)C(=O)c1cc(C)n(C)n1. The smallest absolute Gasteiger partial charge is 0.274 e. The highest BCUT2D eigenvalue weighted by molar-refractivity contribution is 5.92. The number of hydrogen-bond donors (Lipinski definition) is 0. The normalized spacial score (nSPS) is 11.0. The lowest BCUT2D eigenvalue weighted by Crippen LogP contribution is -2.34. The topological polar surface area (TPSA) is 38.1 Å². The summed E-state index contributed by atoms with van der Waals surface area (Å²) in [5, 5.41) is 4.33. The van der Waals surface area contributed by atoms with Gasteiger partial charge in [0.15, 0.2) is 5.69 Å². The molecule has 0 saturated heterocycles. The minimum absolute atomic E-state index is 0.000605. The van der Waals surface area contributed by atoms with Crippen LogP contribution < -0.4 is 0 Å². The summed E-state index contributed by atoms with van der Waals surface area (Å²) in [6, 6.07) is 10.1. The maximum Gasteiger partial charge on any atom is 0.274 e. The Morgan fingerprint density at radius 3 is 2.50 bits per heavy atom. The molecule has 118 valence electrons. The number of rotatable bonds is 5. The molecule has 0 aliphatic carbocycles. The number of amides is 1. The van der Waals surface area contributed by atoms with E-state index in [9.17, 15) is 4.79 Å². The molecule has 0 aliphatic rings. The van der Waals surface area contributed by atoms with Crippen molar-refractivity contribution in [3.63, 3.8) is 0 Å². The average molecular weight is 299 g/mol. The molecule has 0 aliphatic heterocycles. The molecule has 0 fully saturated rings. The van der Waals surface area contributed by atoms with Gasteiger partial charge in [0.25, 0.3) is 5.91 Å². The Morgan fingerprint density at radius 1 is 1.27 bits per heavy atom. The zero-order valence-corrected chi connectivity index (χ0v) is 14.1. The van der Waals surface area contributed by atoms with Crippen LogP contribution in [0, 0.1) is 19.8 Å². The summed E-state index contributed by atoms with van der Waals surface area (Å²) in [5.41, 5.74) is 3.91. The van der Waals surface area contributed by atoms with Crippen LogP contribution in [0.2, 0.25) is 0 Å². The summed E-state index contributed by atoms with van der Waals surface area (Å²) in [5.74, 6) is 0.415. The second-order valence-electron chi connectivity index (χ2n) is 6.30. The Hall–Kier alpha value is -2.10. The minimum Gasteiger partial charge on any atom is -0.333 e. The van der Waals surface area contributed by atoms with Crippen LogP contribution in [0.25, 0.3) is 0 Å². The Kier molecular flexibility index (Phi) is 5.01. The quantitative estimate of drug-likeness (QED) is 0.849. The fourth-order valence-corrected chi connectivity index (χ4v) is 2.48. The molecule has 22 heavy (non-hydrogen) atoms. The van der Waals surface area contributed by atoms with Crippen LogP contribution in [0.3, 0.4) is 0 Å². The van der Waals surface area contributed by atoms with Crippen LogP contribution in [-0.4, -0.2) is 27.1 Å². The van der Waals surface area contributed by atoms with Crippen molar-refractivity contribution in [1.82, 2.24) is 14.7 Å². The summed E-state index contributed by atoms with van der Waals surface area (Å²) in [6.45, 7) is 9.64. The Morgan fingerprint density at radius 2 is 1.95 bits per heavy atom. The highest BCUT2D eigenvalue weighted by Crippen LogP contribution is 2.15. The first kappa shape index (κ1) is 16.3. The van der Waals surface area contributed by atoms with E-state index in [2.05, 4.69) is 38.0 Å². The molecular formula is C18H25N3O. The summed E-state index contributed by atoms with van der Waals surface area (Å²) in [7, 11) is 1.86. The van der Waals surface area contributed by atoms with Crippen molar-refractivity contribution in [2.45, 2.75) is 34.2 Å². The van der Waals surface area contributed by atoms with Gasteiger partial charge in [-0.2, -0.15) is 5.10 Å². The van der Waals surface area contributed by atoms with E-state index in [1.54, 1.807) is 4.68 Å². The van der Waals surface area contributed by atoms with Crippen molar-refractivity contribution in [1.29, 1.82) is 0 Å². The summed E-state index contributed by atoms with van der Waals surface area (Å²) >= 11 is 0. The van der Waals surface area contributed by atoms with Crippen molar-refractivity contribution in [3.05, 3.63) is 52.8 Å². The number of carbonyl (C=O) groups excluding carboxylic acids is 1. The fourth-order valence-electron chi connectivity index (χ4n) is 2.48.